The molecule has 168 valence electrons. The Balaban J connectivity index is 1.80. The van der Waals surface area contributed by atoms with Crippen molar-refractivity contribution >= 4 is 33.0 Å². The number of hydrogen-bond donors (Lipinski definition) is 1. The van der Waals surface area contributed by atoms with Crippen molar-refractivity contribution in [2.24, 2.45) is 0 Å². The van der Waals surface area contributed by atoms with Gasteiger partial charge in [-0.15, -0.1) is 0 Å². The van der Waals surface area contributed by atoms with E-state index in [1.807, 2.05) is 12.1 Å². The Hall–Kier alpha value is -2.75. The van der Waals surface area contributed by atoms with E-state index in [1.54, 1.807) is 12.1 Å². The molecule has 0 spiro atoms. The summed E-state index contributed by atoms with van der Waals surface area (Å²) in [6.07, 6.45) is -1.52. The van der Waals surface area contributed by atoms with Gasteiger partial charge in [0.15, 0.2) is 0 Å². The van der Waals surface area contributed by atoms with Crippen LogP contribution in [0.25, 0.3) is 0 Å². The van der Waals surface area contributed by atoms with Gasteiger partial charge in [-0.3, -0.25) is 9.10 Å². The zero-order valence-electron chi connectivity index (χ0n) is 17.2. The molecule has 10 heteroatoms. The van der Waals surface area contributed by atoms with Gasteiger partial charge in [0.1, 0.15) is 6.04 Å². The van der Waals surface area contributed by atoms with Crippen molar-refractivity contribution in [3.05, 3.63) is 54.1 Å². The second-order valence-electron chi connectivity index (χ2n) is 7.51. The van der Waals surface area contributed by atoms with E-state index in [-0.39, 0.29) is 5.69 Å². The maximum atomic E-state index is 13.1. The minimum absolute atomic E-state index is 0.232. The highest BCUT2D eigenvalue weighted by Gasteiger charge is 2.34. The summed E-state index contributed by atoms with van der Waals surface area (Å²) in [5, 5.41) is 2.64. The Morgan fingerprint density at radius 1 is 1.10 bits per heavy atom. The molecule has 3 rings (SSSR count). The van der Waals surface area contributed by atoms with Crippen molar-refractivity contribution < 1.29 is 26.4 Å². The SMILES string of the molecule is C[C@H](C(=O)Nc1ccc(N2CCCC2)cc1)N(c1cccc(C(F)(F)F)c1)S(C)(=O)=O. The van der Waals surface area contributed by atoms with Gasteiger partial charge in [-0.05, 0) is 62.2 Å². The predicted molar refractivity (Wildman–Crippen MR) is 115 cm³/mol. The summed E-state index contributed by atoms with van der Waals surface area (Å²) in [6.45, 7) is 3.28. The van der Waals surface area contributed by atoms with Crippen LogP contribution >= 0.6 is 0 Å². The number of nitrogens with one attached hydrogen (secondary N) is 1. The first-order chi connectivity index (χ1) is 14.5. The predicted octanol–water partition coefficient (Wildman–Crippen LogP) is 4.10. The van der Waals surface area contributed by atoms with E-state index in [2.05, 4.69) is 10.2 Å². The van der Waals surface area contributed by atoms with Gasteiger partial charge in [0.05, 0.1) is 17.5 Å². The molecule has 2 aromatic rings. The molecule has 0 bridgehead atoms. The van der Waals surface area contributed by atoms with E-state index in [0.29, 0.717) is 9.99 Å². The molecule has 0 aromatic heterocycles. The molecule has 0 saturated carbocycles. The third kappa shape index (κ3) is 5.49. The van der Waals surface area contributed by atoms with Gasteiger partial charge in [0.25, 0.3) is 0 Å². The zero-order valence-corrected chi connectivity index (χ0v) is 18.0. The number of carbonyl (C=O) groups excluding carboxylic acids is 1. The molecule has 1 saturated heterocycles. The van der Waals surface area contributed by atoms with Crippen molar-refractivity contribution in [1.82, 2.24) is 0 Å². The maximum absolute atomic E-state index is 13.1. The second kappa shape index (κ2) is 8.78. The number of alkyl halides is 3. The average Bonchev–Trinajstić information content (AvgIpc) is 3.22. The smallest absolute Gasteiger partial charge is 0.372 e. The van der Waals surface area contributed by atoms with E-state index in [4.69, 9.17) is 0 Å². The summed E-state index contributed by atoms with van der Waals surface area (Å²) < 4.78 is 64.6. The largest absolute Gasteiger partial charge is 0.416 e. The maximum Gasteiger partial charge on any atom is 0.416 e. The number of halogens is 3. The summed E-state index contributed by atoms with van der Waals surface area (Å²) in [5.41, 5.74) is 0.274. The van der Waals surface area contributed by atoms with Crippen LogP contribution in [0.4, 0.5) is 30.2 Å². The van der Waals surface area contributed by atoms with Gasteiger partial charge >= 0.3 is 6.18 Å². The lowest BCUT2D eigenvalue weighted by atomic mass is 10.1. The van der Waals surface area contributed by atoms with Crippen LogP contribution in [0, 0.1) is 0 Å². The van der Waals surface area contributed by atoms with Crippen molar-refractivity contribution in [3.63, 3.8) is 0 Å². The summed E-state index contributed by atoms with van der Waals surface area (Å²) in [6, 6.07) is 9.80. The summed E-state index contributed by atoms with van der Waals surface area (Å²) in [4.78, 5) is 15.0. The highest BCUT2D eigenvalue weighted by Crippen LogP contribution is 2.33. The van der Waals surface area contributed by atoms with Crippen LogP contribution in [0.2, 0.25) is 0 Å². The van der Waals surface area contributed by atoms with Crippen LogP contribution in [0.3, 0.4) is 0 Å². The van der Waals surface area contributed by atoms with Crippen LogP contribution < -0.4 is 14.5 Å². The lowest BCUT2D eigenvalue weighted by Crippen LogP contribution is -2.45. The average molecular weight is 456 g/mol. The minimum Gasteiger partial charge on any atom is -0.372 e. The van der Waals surface area contributed by atoms with Crippen LogP contribution in [-0.4, -0.2) is 39.7 Å². The highest BCUT2D eigenvalue weighted by molar-refractivity contribution is 7.92. The molecular formula is C21H24F3N3O3S. The molecule has 2 aromatic carbocycles. The molecule has 1 aliphatic rings. The minimum atomic E-state index is -4.64. The number of sulfonamides is 1. The van der Waals surface area contributed by atoms with E-state index in [1.165, 1.54) is 13.0 Å². The molecule has 0 unspecified atom stereocenters. The number of anilines is 3. The molecule has 1 amide bonds. The van der Waals surface area contributed by atoms with Gasteiger partial charge in [-0.25, -0.2) is 8.42 Å². The third-order valence-electron chi connectivity index (χ3n) is 5.12. The molecule has 31 heavy (non-hydrogen) atoms. The van der Waals surface area contributed by atoms with Crippen molar-refractivity contribution in [1.29, 1.82) is 0 Å². The molecule has 0 radical (unpaired) electrons. The summed E-state index contributed by atoms with van der Waals surface area (Å²) in [7, 11) is -4.04. The Bertz CT molecular complexity index is 1030. The van der Waals surface area contributed by atoms with Crippen molar-refractivity contribution in [3.8, 4) is 0 Å². The van der Waals surface area contributed by atoms with Gasteiger partial charge < -0.3 is 10.2 Å². The molecule has 1 aliphatic heterocycles. The van der Waals surface area contributed by atoms with Gasteiger partial charge in [-0.1, -0.05) is 6.07 Å². The fraction of sp³-hybridized carbons (Fsp3) is 0.381. The fourth-order valence-electron chi connectivity index (χ4n) is 3.61. The Labute approximate surface area is 179 Å². The first-order valence-corrected chi connectivity index (χ1v) is 11.6. The molecule has 1 atom stereocenters. The first kappa shape index (κ1) is 22.9. The van der Waals surface area contributed by atoms with E-state index >= 15 is 0 Å². The van der Waals surface area contributed by atoms with E-state index in [0.717, 1.165) is 56.1 Å². The molecule has 1 N–H and O–H groups in total. The Kier molecular flexibility index (Phi) is 6.49. The second-order valence-corrected chi connectivity index (χ2v) is 9.37. The number of nitrogens with zero attached hydrogens (tertiary/aromatic N) is 2. The number of carbonyl (C=O) groups is 1. The van der Waals surface area contributed by atoms with Gasteiger partial charge in [0, 0.05) is 24.5 Å². The Morgan fingerprint density at radius 3 is 2.26 bits per heavy atom. The highest BCUT2D eigenvalue weighted by atomic mass is 32.2. The molecule has 0 aliphatic carbocycles. The summed E-state index contributed by atoms with van der Waals surface area (Å²) >= 11 is 0. The zero-order chi connectivity index (χ0) is 22.8. The van der Waals surface area contributed by atoms with E-state index < -0.39 is 33.7 Å². The standard InChI is InChI=1S/C21H24F3N3O3S/c1-15(20(28)25-17-8-10-18(11-9-17)26-12-3-4-13-26)27(31(2,29)30)19-7-5-6-16(14-19)21(22,23)24/h5-11,14-15H,3-4,12-13H2,1-2H3,(H,25,28)/t15-/m1/s1. The molecule has 6 nitrogen and oxygen atoms in total. The first-order valence-electron chi connectivity index (χ1n) is 9.79. The third-order valence-corrected chi connectivity index (χ3v) is 6.36. The van der Waals surface area contributed by atoms with Crippen LogP contribution in [0.15, 0.2) is 48.5 Å². The monoisotopic (exact) mass is 455 g/mol. The Morgan fingerprint density at radius 2 is 1.71 bits per heavy atom. The quantitative estimate of drug-likeness (QED) is 0.712. The van der Waals surface area contributed by atoms with Crippen LogP contribution in [-0.2, 0) is 21.0 Å². The number of benzene rings is 2. The molecule has 1 heterocycles. The van der Waals surface area contributed by atoms with E-state index in [9.17, 15) is 26.4 Å². The topological polar surface area (TPSA) is 69.7 Å². The fourth-order valence-corrected chi connectivity index (χ4v) is 4.77. The number of amides is 1. The van der Waals surface area contributed by atoms with Crippen molar-refractivity contribution in [2.45, 2.75) is 32.0 Å². The van der Waals surface area contributed by atoms with Gasteiger partial charge in [0.2, 0.25) is 15.9 Å². The van der Waals surface area contributed by atoms with Crippen LogP contribution in [0.1, 0.15) is 25.3 Å². The summed E-state index contributed by atoms with van der Waals surface area (Å²) in [5.74, 6) is -0.656. The lowest BCUT2D eigenvalue weighted by Gasteiger charge is -2.28. The van der Waals surface area contributed by atoms with Crippen LogP contribution in [0.5, 0.6) is 0 Å². The number of rotatable bonds is 6. The number of hydrogen-bond acceptors (Lipinski definition) is 4. The lowest BCUT2D eigenvalue weighted by molar-refractivity contribution is -0.137. The molecule has 1 fully saturated rings. The van der Waals surface area contributed by atoms with Gasteiger partial charge in [-0.2, -0.15) is 13.2 Å². The van der Waals surface area contributed by atoms with Crippen molar-refractivity contribution in [2.75, 3.05) is 33.9 Å². The molecular weight excluding hydrogens is 431 g/mol. The normalized spacial score (nSPS) is 15.6.